The van der Waals surface area contributed by atoms with Crippen molar-refractivity contribution in [3.8, 4) is 0 Å². The Morgan fingerprint density at radius 1 is 0.657 bits per heavy atom. The van der Waals surface area contributed by atoms with E-state index in [1.54, 1.807) is 12.1 Å². The number of fused-ring (bicyclic) bond motifs is 1. The predicted molar refractivity (Wildman–Crippen MR) is 134 cm³/mol. The summed E-state index contributed by atoms with van der Waals surface area (Å²) in [6.07, 6.45) is 0. The highest BCUT2D eigenvalue weighted by atomic mass is 35.5. The van der Waals surface area contributed by atoms with E-state index in [-0.39, 0.29) is 41.3 Å². The number of halogens is 7. The summed E-state index contributed by atoms with van der Waals surface area (Å²) in [7, 11) is 0. The smallest absolute Gasteiger partial charge is 0.264 e. The number of anilines is 1. The van der Waals surface area contributed by atoms with Gasteiger partial charge in [-0.1, -0.05) is 81.7 Å². The van der Waals surface area contributed by atoms with Gasteiger partial charge in [-0.3, -0.25) is 19.3 Å². The maximum Gasteiger partial charge on any atom is 0.264 e. The predicted octanol–water partition coefficient (Wildman–Crippen LogP) is 7.50. The molecular weight excluding hydrogens is 584 g/mol. The van der Waals surface area contributed by atoms with Crippen LogP contribution in [0.1, 0.15) is 32.3 Å². The molecule has 5 nitrogen and oxygen atoms in total. The molecule has 2 aliphatic heterocycles. The molecule has 5 rings (SSSR count). The van der Waals surface area contributed by atoms with Crippen molar-refractivity contribution in [2.45, 2.75) is 12.1 Å². The van der Waals surface area contributed by atoms with Crippen molar-refractivity contribution in [3.05, 3.63) is 95.1 Å². The number of rotatable bonds is 3. The van der Waals surface area contributed by atoms with Crippen LogP contribution in [-0.4, -0.2) is 28.7 Å². The number of nitrogens with zero attached hydrogens (tertiary/aromatic N) is 2. The Bertz CT molecular complexity index is 1430. The Labute approximate surface area is 227 Å². The van der Waals surface area contributed by atoms with Crippen molar-refractivity contribution in [1.82, 2.24) is 4.90 Å². The summed E-state index contributed by atoms with van der Waals surface area (Å²) in [4.78, 5) is 42.3. The second-order valence-corrected chi connectivity index (χ2v) is 10.1. The second-order valence-electron chi connectivity index (χ2n) is 7.74. The van der Waals surface area contributed by atoms with E-state index in [2.05, 4.69) is 0 Å². The standard InChI is InChI=1S/C23H9Cl6FN2O3/c24-11-5-4-10(7-12(11)25)31-19(8-2-1-3-9(30)6-8)20(23(31)35)32-21(33)13-14(22(32)34)16(27)18(29)17(28)15(13)26/h1-7,19-20H/t19-,20-/m0/s1. The SMILES string of the molecule is O=C1c2c(Cl)c(Cl)c(Cl)c(Cl)c2C(=O)N1[C@@H]1C(=O)N(c2ccc(Cl)c(Cl)c2)[C@H]1c1cccc(F)c1. The van der Waals surface area contributed by atoms with Crippen molar-refractivity contribution in [1.29, 1.82) is 0 Å². The van der Waals surface area contributed by atoms with E-state index >= 15 is 0 Å². The summed E-state index contributed by atoms with van der Waals surface area (Å²) < 4.78 is 14.1. The van der Waals surface area contributed by atoms with Gasteiger partial charge < -0.3 is 4.90 Å². The Morgan fingerprint density at radius 3 is 1.80 bits per heavy atom. The Kier molecular flexibility index (Phi) is 6.19. The highest BCUT2D eigenvalue weighted by molar-refractivity contribution is 6.55. The van der Waals surface area contributed by atoms with E-state index in [1.807, 2.05) is 0 Å². The van der Waals surface area contributed by atoms with Crippen LogP contribution in [0, 0.1) is 5.82 Å². The zero-order valence-corrected chi connectivity index (χ0v) is 21.5. The summed E-state index contributed by atoms with van der Waals surface area (Å²) in [5, 5.41) is -0.458. The van der Waals surface area contributed by atoms with Crippen LogP contribution in [0.4, 0.5) is 10.1 Å². The van der Waals surface area contributed by atoms with Crippen LogP contribution in [0.5, 0.6) is 0 Å². The Hall–Kier alpha value is -2.06. The van der Waals surface area contributed by atoms with Crippen LogP contribution in [0.15, 0.2) is 42.5 Å². The molecule has 0 spiro atoms. The molecule has 1 fully saturated rings. The number of carbonyl (C=O) groups excluding carboxylic acids is 3. The molecule has 3 amide bonds. The molecule has 1 saturated heterocycles. The van der Waals surface area contributed by atoms with Gasteiger partial charge in [-0.05, 0) is 35.9 Å². The van der Waals surface area contributed by atoms with Crippen LogP contribution < -0.4 is 4.90 Å². The molecule has 2 aliphatic rings. The average Bonchev–Trinajstić information content (AvgIpc) is 3.07. The summed E-state index contributed by atoms with van der Waals surface area (Å²) in [5.74, 6) is -2.92. The van der Waals surface area contributed by atoms with E-state index in [4.69, 9.17) is 69.6 Å². The van der Waals surface area contributed by atoms with Crippen molar-refractivity contribution < 1.29 is 18.8 Å². The van der Waals surface area contributed by atoms with Gasteiger partial charge in [-0.15, -0.1) is 0 Å². The number of amides is 3. The first-order valence-corrected chi connectivity index (χ1v) is 12.1. The van der Waals surface area contributed by atoms with Gasteiger partial charge in [0.25, 0.3) is 17.7 Å². The topological polar surface area (TPSA) is 57.7 Å². The number of imide groups is 1. The van der Waals surface area contributed by atoms with E-state index in [1.165, 1.54) is 35.2 Å². The third-order valence-electron chi connectivity index (χ3n) is 5.85. The lowest BCUT2D eigenvalue weighted by atomic mass is 9.86. The number of benzene rings is 3. The molecule has 0 aromatic heterocycles. The Morgan fingerprint density at radius 2 is 1.26 bits per heavy atom. The van der Waals surface area contributed by atoms with Gasteiger partial charge in [-0.2, -0.15) is 0 Å². The molecule has 0 N–H and O–H groups in total. The summed E-state index contributed by atoms with van der Waals surface area (Å²) in [5.41, 5.74) is 0.170. The lowest BCUT2D eigenvalue weighted by molar-refractivity contribution is -0.130. The van der Waals surface area contributed by atoms with Crippen molar-refractivity contribution in [2.24, 2.45) is 0 Å². The molecule has 0 unspecified atom stereocenters. The first-order chi connectivity index (χ1) is 16.5. The van der Waals surface area contributed by atoms with Crippen LogP contribution in [-0.2, 0) is 4.79 Å². The first-order valence-electron chi connectivity index (χ1n) is 9.82. The summed E-state index contributed by atoms with van der Waals surface area (Å²) >= 11 is 36.8. The van der Waals surface area contributed by atoms with E-state index < -0.39 is 35.6 Å². The van der Waals surface area contributed by atoms with Gasteiger partial charge in [0.15, 0.2) is 0 Å². The zero-order chi connectivity index (χ0) is 25.3. The summed E-state index contributed by atoms with van der Waals surface area (Å²) in [6.45, 7) is 0. The lowest BCUT2D eigenvalue weighted by Gasteiger charge is -2.49. The number of hydrogen-bond donors (Lipinski definition) is 0. The average molecular weight is 593 g/mol. The molecule has 0 saturated carbocycles. The van der Waals surface area contributed by atoms with Crippen LogP contribution in [0.3, 0.4) is 0 Å². The van der Waals surface area contributed by atoms with Gasteiger partial charge in [-0.25, -0.2) is 4.39 Å². The van der Waals surface area contributed by atoms with Gasteiger partial charge in [0, 0.05) is 5.69 Å². The highest BCUT2D eigenvalue weighted by Gasteiger charge is 2.58. The van der Waals surface area contributed by atoms with Crippen molar-refractivity contribution in [3.63, 3.8) is 0 Å². The van der Waals surface area contributed by atoms with Gasteiger partial charge >= 0.3 is 0 Å². The van der Waals surface area contributed by atoms with E-state index in [0.29, 0.717) is 11.3 Å². The van der Waals surface area contributed by atoms with Gasteiger partial charge in [0.2, 0.25) is 0 Å². The first kappa shape index (κ1) is 24.6. The Balaban J connectivity index is 1.65. The van der Waals surface area contributed by atoms with E-state index in [0.717, 1.165) is 4.90 Å². The number of carbonyl (C=O) groups is 3. The van der Waals surface area contributed by atoms with Crippen molar-refractivity contribution in [2.75, 3.05) is 4.90 Å². The fraction of sp³-hybridized carbons (Fsp3) is 0.0870. The molecule has 35 heavy (non-hydrogen) atoms. The fourth-order valence-corrected chi connectivity index (χ4v) is 5.60. The largest absolute Gasteiger partial charge is 0.300 e. The molecule has 12 heteroatoms. The minimum absolute atomic E-state index is 0.182. The zero-order valence-electron chi connectivity index (χ0n) is 17.0. The van der Waals surface area contributed by atoms with Crippen LogP contribution >= 0.6 is 69.6 Å². The molecular formula is C23H9Cl6FN2O3. The minimum Gasteiger partial charge on any atom is -0.300 e. The lowest BCUT2D eigenvalue weighted by Crippen LogP contribution is -2.67. The normalized spacial score (nSPS) is 19.3. The minimum atomic E-state index is -1.33. The molecule has 0 bridgehead atoms. The molecule has 178 valence electrons. The summed E-state index contributed by atoms with van der Waals surface area (Å²) in [6, 6.07) is 7.69. The highest BCUT2D eigenvalue weighted by Crippen LogP contribution is 2.49. The maximum atomic E-state index is 14.1. The van der Waals surface area contributed by atoms with Gasteiger partial charge in [0.05, 0.1) is 47.3 Å². The molecule has 0 radical (unpaired) electrons. The number of β-lactam (4-membered cyclic amide) rings is 1. The van der Waals surface area contributed by atoms with Crippen LogP contribution in [0.2, 0.25) is 30.1 Å². The fourth-order valence-electron chi connectivity index (χ4n) is 4.29. The monoisotopic (exact) mass is 590 g/mol. The second kappa shape index (κ2) is 8.80. The van der Waals surface area contributed by atoms with Crippen molar-refractivity contribution >= 4 is 93.0 Å². The molecule has 3 aromatic carbocycles. The molecule has 2 heterocycles. The molecule has 2 atom stereocenters. The van der Waals surface area contributed by atoms with Crippen LogP contribution in [0.25, 0.3) is 0 Å². The number of hydrogen-bond acceptors (Lipinski definition) is 3. The third kappa shape index (κ3) is 3.62. The quantitative estimate of drug-likeness (QED) is 0.137. The maximum absolute atomic E-state index is 14.1. The third-order valence-corrected chi connectivity index (χ3v) is 8.39. The van der Waals surface area contributed by atoms with E-state index in [9.17, 15) is 18.8 Å². The molecule has 3 aromatic rings. The van der Waals surface area contributed by atoms with Gasteiger partial charge in [0.1, 0.15) is 11.9 Å². The molecule has 0 aliphatic carbocycles.